The Morgan fingerprint density at radius 3 is 2.62 bits per heavy atom. The second-order valence-corrected chi connectivity index (χ2v) is 7.11. The molecule has 0 fully saturated rings. The largest absolute Gasteiger partial charge is 0.326 e. The number of hydrogen-bond donors (Lipinski definition) is 1. The number of nitrogens with one attached hydrogen (secondary N) is 1. The van der Waals surface area contributed by atoms with Gasteiger partial charge in [-0.05, 0) is 25.1 Å². The Morgan fingerprint density at radius 1 is 1.14 bits per heavy atom. The number of aryl methyl sites for hydroxylation is 1. The number of anilines is 1. The zero-order valence-corrected chi connectivity index (χ0v) is 16.6. The molecule has 1 N–H and O–H groups in total. The van der Waals surface area contributed by atoms with E-state index in [9.17, 15) is 9.59 Å². The van der Waals surface area contributed by atoms with Gasteiger partial charge >= 0.3 is 0 Å². The average molecular weight is 408 g/mol. The van der Waals surface area contributed by atoms with Gasteiger partial charge in [0, 0.05) is 34.6 Å². The SMILES string of the molecule is Cc1c(CC(=O)Nc2cccc(Cl)c2)c(=O)n2nc(-c3ccccc3)nc2n1C. The fraction of sp³-hybridized carbons (Fsp3) is 0.143. The van der Waals surface area contributed by atoms with Gasteiger partial charge in [-0.15, -0.1) is 5.10 Å². The summed E-state index contributed by atoms with van der Waals surface area (Å²) in [7, 11) is 1.80. The van der Waals surface area contributed by atoms with E-state index in [1.165, 1.54) is 4.52 Å². The summed E-state index contributed by atoms with van der Waals surface area (Å²) in [4.78, 5) is 30.1. The summed E-state index contributed by atoms with van der Waals surface area (Å²) in [6, 6.07) is 16.3. The van der Waals surface area contributed by atoms with Crippen molar-refractivity contribution >= 4 is 29.0 Å². The van der Waals surface area contributed by atoms with Gasteiger partial charge in [-0.25, -0.2) is 0 Å². The van der Waals surface area contributed by atoms with Crippen molar-refractivity contribution in [1.29, 1.82) is 0 Å². The molecule has 0 aliphatic rings. The van der Waals surface area contributed by atoms with Gasteiger partial charge in [-0.1, -0.05) is 48.0 Å². The smallest absolute Gasteiger partial charge is 0.279 e. The molecule has 0 aliphatic heterocycles. The predicted molar refractivity (Wildman–Crippen MR) is 112 cm³/mol. The second kappa shape index (κ2) is 7.52. The Bertz CT molecular complexity index is 1280. The second-order valence-electron chi connectivity index (χ2n) is 6.68. The normalized spacial score (nSPS) is 11.0. The first-order valence-corrected chi connectivity index (χ1v) is 9.38. The van der Waals surface area contributed by atoms with Crippen LogP contribution in [0.4, 0.5) is 5.69 Å². The summed E-state index contributed by atoms with van der Waals surface area (Å²) >= 11 is 5.95. The van der Waals surface area contributed by atoms with Crippen LogP contribution in [0, 0.1) is 6.92 Å². The van der Waals surface area contributed by atoms with Crippen LogP contribution in [0.2, 0.25) is 5.02 Å². The molecule has 0 aliphatic carbocycles. The molecule has 0 saturated carbocycles. The third kappa shape index (κ3) is 3.64. The van der Waals surface area contributed by atoms with Crippen molar-refractivity contribution in [2.24, 2.45) is 7.05 Å². The van der Waals surface area contributed by atoms with Crippen LogP contribution in [-0.2, 0) is 18.3 Å². The number of hydrogen-bond acceptors (Lipinski definition) is 4. The molecule has 1 amide bonds. The molecule has 4 aromatic rings. The highest BCUT2D eigenvalue weighted by Crippen LogP contribution is 2.17. The van der Waals surface area contributed by atoms with Crippen molar-refractivity contribution in [2.45, 2.75) is 13.3 Å². The van der Waals surface area contributed by atoms with Crippen molar-refractivity contribution in [1.82, 2.24) is 19.2 Å². The lowest BCUT2D eigenvalue weighted by molar-refractivity contribution is -0.115. The topological polar surface area (TPSA) is 81.3 Å². The number of fused-ring (bicyclic) bond motifs is 1. The van der Waals surface area contributed by atoms with Crippen molar-refractivity contribution in [3.8, 4) is 11.4 Å². The predicted octanol–water partition coefficient (Wildman–Crippen LogP) is 3.24. The number of amides is 1. The molecule has 0 bridgehead atoms. The molecular weight excluding hydrogens is 390 g/mol. The van der Waals surface area contributed by atoms with Crippen LogP contribution in [0.3, 0.4) is 0 Å². The van der Waals surface area contributed by atoms with E-state index in [-0.39, 0.29) is 17.9 Å². The standard InChI is InChI=1S/C21H18ClN5O2/c1-13-17(12-18(28)23-16-10-6-9-15(22)11-16)20(29)27-21(26(13)2)24-19(25-27)14-7-4-3-5-8-14/h3-11H,12H2,1-2H3,(H,23,28). The van der Waals surface area contributed by atoms with Gasteiger partial charge in [-0.3, -0.25) is 9.59 Å². The zero-order valence-electron chi connectivity index (χ0n) is 15.9. The van der Waals surface area contributed by atoms with E-state index in [1.807, 2.05) is 30.3 Å². The Balaban J connectivity index is 1.71. The molecule has 146 valence electrons. The first-order chi connectivity index (χ1) is 13.9. The van der Waals surface area contributed by atoms with Crippen LogP contribution >= 0.6 is 11.6 Å². The maximum absolute atomic E-state index is 13.0. The summed E-state index contributed by atoms with van der Waals surface area (Å²) in [6.45, 7) is 1.79. The van der Waals surface area contributed by atoms with E-state index >= 15 is 0 Å². The summed E-state index contributed by atoms with van der Waals surface area (Å²) in [5, 5.41) is 7.66. The van der Waals surface area contributed by atoms with E-state index in [0.717, 1.165) is 5.56 Å². The van der Waals surface area contributed by atoms with Crippen molar-refractivity contribution < 1.29 is 4.79 Å². The zero-order chi connectivity index (χ0) is 20.5. The molecule has 2 aromatic heterocycles. The van der Waals surface area contributed by atoms with Gasteiger partial charge in [-0.2, -0.15) is 9.50 Å². The van der Waals surface area contributed by atoms with Crippen molar-refractivity contribution in [3.63, 3.8) is 0 Å². The van der Waals surface area contributed by atoms with Gasteiger partial charge in [0.05, 0.1) is 6.42 Å². The number of nitrogens with zero attached hydrogens (tertiary/aromatic N) is 4. The van der Waals surface area contributed by atoms with Gasteiger partial charge in [0.2, 0.25) is 11.7 Å². The Kier molecular flexibility index (Phi) is 4.90. The van der Waals surface area contributed by atoms with E-state index in [4.69, 9.17) is 11.6 Å². The van der Waals surface area contributed by atoms with E-state index < -0.39 is 0 Å². The molecule has 8 heteroatoms. The molecule has 4 rings (SSSR count). The van der Waals surface area contributed by atoms with E-state index in [1.54, 1.807) is 42.8 Å². The molecule has 0 radical (unpaired) electrons. The number of carbonyl (C=O) groups excluding carboxylic acids is 1. The molecule has 0 saturated heterocycles. The molecule has 2 heterocycles. The van der Waals surface area contributed by atoms with Gasteiger partial charge < -0.3 is 9.88 Å². The van der Waals surface area contributed by atoms with Crippen LogP contribution < -0.4 is 10.9 Å². The molecule has 0 unspecified atom stereocenters. The highest BCUT2D eigenvalue weighted by atomic mass is 35.5. The summed E-state index contributed by atoms with van der Waals surface area (Å²) in [6.07, 6.45) is -0.0819. The maximum atomic E-state index is 13.0. The lowest BCUT2D eigenvalue weighted by atomic mass is 10.1. The van der Waals surface area contributed by atoms with E-state index in [2.05, 4.69) is 15.4 Å². The molecular formula is C21H18ClN5O2. The Hall–Kier alpha value is -3.45. The quantitative estimate of drug-likeness (QED) is 0.563. The number of carbonyl (C=O) groups is 1. The minimum Gasteiger partial charge on any atom is -0.326 e. The third-order valence-corrected chi connectivity index (χ3v) is 4.99. The Morgan fingerprint density at radius 2 is 1.90 bits per heavy atom. The molecule has 2 aromatic carbocycles. The van der Waals surface area contributed by atoms with Crippen LogP contribution in [-0.4, -0.2) is 25.1 Å². The van der Waals surface area contributed by atoms with Gasteiger partial charge in [0.25, 0.3) is 5.56 Å². The van der Waals surface area contributed by atoms with Crippen molar-refractivity contribution in [2.75, 3.05) is 5.32 Å². The van der Waals surface area contributed by atoms with Crippen LogP contribution in [0.15, 0.2) is 59.4 Å². The van der Waals surface area contributed by atoms with Crippen LogP contribution in [0.25, 0.3) is 17.2 Å². The van der Waals surface area contributed by atoms with Crippen molar-refractivity contribution in [3.05, 3.63) is 81.2 Å². The highest BCUT2D eigenvalue weighted by Gasteiger charge is 2.19. The van der Waals surface area contributed by atoms with Gasteiger partial charge in [0.15, 0.2) is 5.82 Å². The number of halogens is 1. The third-order valence-electron chi connectivity index (χ3n) is 4.76. The summed E-state index contributed by atoms with van der Waals surface area (Å²) in [5.74, 6) is 0.568. The first-order valence-electron chi connectivity index (χ1n) is 9.00. The first kappa shape index (κ1) is 18.9. The highest BCUT2D eigenvalue weighted by molar-refractivity contribution is 6.30. The average Bonchev–Trinajstić information content (AvgIpc) is 3.16. The Labute approximate surface area is 171 Å². The van der Waals surface area contributed by atoms with Gasteiger partial charge in [0.1, 0.15) is 0 Å². The maximum Gasteiger partial charge on any atom is 0.279 e. The number of aromatic nitrogens is 4. The fourth-order valence-corrected chi connectivity index (χ4v) is 3.33. The number of rotatable bonds is 4. The molecule has 29 heavy (non-hydrogen) atoms. The molecule has 0 spiro atoms. The lowest BCUT2D eigenvalue weighted by Crippen LogP contribution is -2.28. The minimum absolute atomic E-state index is 0.0819. The minimum atomic E-state index is -0.355. The fourth-order valence-electron chi connectivity index (χ4n) is 3.14. The summed E-state index contributed by atoms with van der Waals surface area (Å²) < 4.78 is 3.01. The molecule has 7 nitrogen and oxygen atoms in total. The monoisotopic (exact) mass is 407 g/mol. The van der Waals surface area contributed by atoms with Crippen LogP contribution in [0.1, 0.15) is 11.3 Å². The summed E-state index contributed by atoms with van der Waals surface area (Å²) in [5.41, 5.74) is 2.06. The number of benzene rings is 2. The van der Waals surface area contributed by atoms with E-state index in [0.29, 0.717) is 33.6 Å². The lowest BCUT2D eigenvalue weighted by Gasteiger charge is -2.11. The van der Waals surface area contributed by atoms with Crippen LogP contribution in [0.5, 0.6) is 0 Å². The molecule has 0 atom stereocenters.